The van der Waals surface area contributed by atoms with Crippen LogP contribution in [0, 0.1) is 11.7 Å². The molecule has 4 rings (SSSR count). The van der Waals surface area contributed by atoms with Crippen LogP contribution in [0.2, 0.25) is 0 Å². The Bertz CT molecular complexity index is 920. The molecule has 0 saturated carbocycles. The standard InChI is InChI=1S/C21H18F2N2O2/c22-10-13-5-7-14(8-6-13)18-9-15(24-11-19(18)23)12-25-20(26)16-3-1-2-4-17(16)21(25)27/h1-4,7,9,11,13H,5-6,8,10,12H2. The first-order chi connectivity index (χ1) is 13.1. The monoisotopic (exact) mass is 368 g/mol. The lowest BCUT2D eigenvalue weighted by molar-refractivity contribution is 0.0640. The fourth-order valence-electron chi connectivity index (χ4n) is 3.63. The maximum atomic E-state index is 14.3. The number of rotatable bonds is 4. The molecule has 1 unspecified atom stereocenters. The van der Waals surface area contributed by atoms with Crippen molar-refractivity contribution in [1.82, 2.24) is 9.88 Å². The van der Waals surface area contributed by atoms with E-state index >= 15 is 0 Å². The van der Waals surface area contributed by atoms with E-state index in [1.54, 1.807) is 30.3 Å². The summed E-state index contributed by atoms with van der Waals surface area (Å²) in [6.07, 6.45) is 4.85. The highest BCUT2D eigenvalue weighted by atomic mass is 19.1. The molecule has 2 aliphatic rings. The quantitative estimate of drug-likeness (QED) is 0.761. The number of allylic oxidation sites excluding steroid dienone is 2. The van der Waals surface area contributed by atoms with Gasteiger partial charge < -0.3 is 0 Å². The molecule has 6 heteroatoms. The number of imide groups is 1. The van der Waals surface area contributed by atoms with Crippen LogP contribution in [0.1, 0.15) is 51.2 Å². The highest BCUT2D eigenvalue weighted by molar-refractivity contribution is 6.21. The van der Waals surface area contributed by atoms with Gasteiger partial charge >= 0.3 is 0 Å². The predicted molar refractivity (Wildman–Crippen MR) is 96.1 cm³/mol. The van der Waals surface area contributed by atoms with Crippen LogP contribution >= 0.6 is 0 Å². The third kappa shape index (κ3) is 3.16. The number of hydrogen-bond donors (Lipinski definition) is 0. The van der Waals surface area contributed by atoms with Crippen LogP contribution in [0.25, 0.3) is 5.57 Å². The van der Waals surface area contributed by atoms with Gasteiger partial charge in [0.2, 0.25) is 0 Å². The van der Waals surface area contributed by atoms with Crippen molar-refractivity contribution in [3.8, 4) is 0 Å². The third-order valence-corrected chi connectivity index (χ3v) is 5.19. The number of hydrogen-bond acceptors (Lipinski definition) is 3. The largest absolute Gasteiger partial charge is 0.269 e. The summed E-state index contributed by atoms with van der Waals surface area (Å²) in [5.74, 6) is -1.19. The van der Waals surface area contributed by atoms with E-state index in [4.69, 9.17) is 0 Å². The average Bonchev–Trinajstić information content (AvgIpc) is 2.95. The number of amides is 2. The predicted octanol–water partition coefficient (Wildman–Crippen LogP) is 4.17. The van der Waals surface area contributed by atoms with Gasteiger partial charge in [-0.1, -0.05) is 18.2 Å². The Balaban J connectivity index is 1.59. The molecule has 0 N–H and O–H groups in total. The van der Waals surface area contributed by atoms with Crippen molar-refractivity contribution < 1.29 is 18.4 Å². The molecule has 0 bridgehead atoms. The van der Waals surface area contributed by atoms with Crippen LogP contribution in [0.15, 0.2) is 42.6 Å². The van der Waals surface area contributed by atoms with E-state index in [2.05, 4.69) is 4.98 Å². The molecule has 4 nitrogen and oxygen atoms in total. The van der Waals surface area contributed by atoms with Gasteiger partial charge in [-0.15, -0.1) is 0 Å². The highest BCUT2D eigenvalue weighted by Gasteiger charge is 2.35. The van der Waals surface area contributed by atoms with Crippen LogP contribution < -0.4 is 0 Å². The lowest BCUT2D eigenvalue weighted by Gasteiger charge is -2.20. The minimum absolute atomic E-state index is 0.00327. The normalized spacial score (nSPS) is 19.3. The highest BCUT2D eigenvalue weighted by Crippen LogP contribution is 2.32. The zero-order valence-corrected chi connectivity index (χ0v) is 14.6. The lowest BCUT2D eigenvalue weighted by Crippen LogP contribution is -2.29. The van der Waals surface area contributed by atoms with Crippen LogP contribution in [0.5, 0.6) is 0 Å². The number of aromatic nitrogens is 1. The first-order valence-corrected chi connectivity index (χ1v) is 8.93. The van der Waals surface area contributed by atoms with E-state index < -0.39 is 5.82 Å². The van der Waals surface area contributed by atoms with Crippen molar-refractivity contribution in [1.29, 1.82) is 0 Å². The summed E-state index contributed by atoms with van der Waals surface area (Å²) in [4.78, 5) is 30.2. The van der Waals surface area contributed by atoms with Crippen molar-refractivity contribution in [2.24, 2.45) is 5.92 Å². The first kappa shape index (κ1) is 17.5. The number of alkyl halides is 1. The Morgan fingerprint density at radius 1 is 1.11 bits per heavy atom. The molecule has 0 saturated heterocycles. The van der Waals surface area contributed by atoms with Gasteiger partial charge in [0, 0.05) is 5.56 Å². The summed E-state index contributed by atoms with van der Waals surface area (Å²) in [6.45, 7) is -0.381. The Hall–Kier alpha value is -2.89. The van der Waals surface area contributed by atoms with Crippen molar-refractivity contribution in [2.45, 2.75) is 25.8 Å². The smallest absolute Gasteiger partial charge is 0.261 e. The molecule has 2 heterocycles. The maximum absolute atomic E-state index is 14.3. The first-order valence-electron chi connectivity index (χ1n) is 8.93. The zero-order valence-electron chi connectivity index (χ0n) is 14.6. The van der Waals surface area contributed by atoms with Gasteiger partial charge in [0.1, 0.15) is 5.82 Å². The molecule has 138 valence electrons. The summed E-state index contributed by atoms with van der Waals surface area (Å²) < 4.78 is 27.1. The number of carbonyl (C=O) groups excluding carboxylic acids is 2. The molecule has 1 aliphatic carbocycles. The van der Waals surface area contributed by atoms with Crippen molar-refractivity contribution in [3.05, 3.63) is 70.8 Å². The second-order valence-electron chi connectivity index (χ2n) is 6.92. The number of pyridine rings is 1. The average molecular weight is 368 g/mol. The van der Waals surface area contributed by atoms with E-state index in [-0.39, 0.29) is 31.0 Å². The van der Waals surface area contributed by atoms with Crippen LogP contribution in [0.3, 0.4) is 0 Å². The molecule has 27 heavy (non-hydrogen) atoms. The minimum Gasteiger partial charge on any atom is -0.269 e. The molecule has 0 fully saturated rings. The number of nitrogens with zero attached hydrogens (tertiary/aromatic N) is 2. The second kappa shape index (κ2) is 7.02. The van der Waals surface area contributed by atoms with Gasteiger partial charge in [-0.25, -0.2) is 4.39 Å². The molecule has 0 spiro atoms. The lowest BCUT2D eigenvalue weighted by atomic mass is 9.87. The molecular formula is C21H18F2N2O2. The number of benzene rings is 1. The molecular weight excluding hydrogens is 350 g/mol. The second-order valence-corrected chi connectivity index (χ2v) is 6.92. The van der Waals surface area contributed by atoms with Gasteiger partial charge in [0.05, 0.1) is 36.2 Å². The Kier molecular flexibility index (Phi) is 4.56. The summed E-state index contributed by atoms with van der Waals surface area (Å²) >= 11 is 0. The summed E-state index contributed by atoms with van der Waals surface area (Å²) in [5.41, 5.74) is 2.42. The summed E-state index contributed by atoms with van der Waals surface area (Å²) in [6, 6.07) is 8.24. The SMILES string of the molecule is O=C1c2ccccc2C(=O)N1Cc1cc(C2=CCC(CF)CC2)c(F)cn1. The third-order valence-electron chi connectivity index (χ3n) is 5.19. The Morgan fingerprint density at radius 2 is 1.81 bits per heavy atom. The molecule has 2 amide bonds. The molecule has 2 aromatic rings. The van der Waals surface area contributed by atoms with E-state index in [1.165, 1.54) is 0 Å². The van der Waals surface area contributed by atoms with E-state index in [1.807, 2.05) is 6.08 Å². The van der Waals surface area contributed by atoms with Crippen LogP contribution in [0.4, 0.5) is 8.78 Å². The number of halogens is 2. The van der Waals surface area contributed by atoms with Gasteiger partial charge in [-0.2, -0.15) is 0 Å². The topological polar surface area (TPSA) is 50.3 Å². The van der Waals surface area contributed by atoms with E-state index in [9.17, 15) is 18.4 Å². The molecule has 0 radical (unpaired) electrons. The molecule has 1 aromatic carbocycles. The van der Waals surface area contributed by atoms with Crippen molar-refractivity contribution in [3.63, 3.8) is 0 Å². The number of carbonyl (C=O) groups is 2. The van der Waals surface area contributed by atoms with E-state index in [0.717, 1.165) is 16.7 Å². The maximum Gasteiger partial charge on any atom is 0.261 e. The van der Waals surface area contributed by atoms with Gasteiger partial charge in [0.15, 0.2) is 0 Å². The summed E-state index contributed by atoms with van der Waals surface area (Å²) in [7, 11) is 0. The van der Waals surface area contributed by atoms with E-state index in [0.29, 0.717) is 41.6 Å². The fourth-order valence-corrected chi connectivity index (χ4v) is 3.63. The fraction of sp³-hybridized carbons (Fsp3) is 0.286. The zero-order chi connectivity index (χ0) is 19.0. The minimum atomic E-state index is -0.453. The Morgan fingerprint density at radius 3 is 2.41 bits per heavy atom. The van der Waals surface area contributed by atoms with Crippen molar-refractivity contribution >= 4 is 17.4 Å². The van der Waals surface area contributed by atoms with Gasteiger partial charge in [-0.05, 0) is 49.0 Å². The van der Waals surface area contributed by atoms with Crippen LogP contribution in [-0.4, -0.2) is 28.4 Å². The summed E-state index contributed by atoms with van der Waals surface area (Å²) in [5, 5.41) is 0. The number of fused-ring (bicyclic) bond motifs is 1. The molecule has 1 aromatic heterocycles. The molecule has 1 aliphatic heterocycles. The van der Waals surface area contributed by atoms with Crippen molar-refractivity contribution in [2.75, 3.05) is 6.67 Å². The van der Waals surface area contributed by atoms with Gasteiger partial charge in [-0.3, -0.25) is 23.9 Å². The van der Waals surface area contributed by atoms with Gasteiger partial charge in [0.25, 0.3) is 11.8 Å². The van der Waals surface area contributed by atoms with Crippen LogP contribution in [-0.2, 0) is 6.54 Å². The molecule has 1 atom stereocenters. The Labute approximate surface area is 155 Å².